The zero-order valence-corrected chi connectivity index (χ0v) is 17.9. The molecule has 166 valence electrons. The summed E-state index contributed by atoms with van der Waals surface area (Å²) >= 11 is 0. The summed E-state index contributed by atoms with van der Waals surface area (Å²) in [4.78, 5) is 20.0. The molecule has 9 nitrogen and oxygen atoms in total. The molecule has 0 aromatic carbocycles. The summed E-state index contributed by atoms with van der Waals surface area (Å²) in [5.41, 5.74) is 2.76. The molecule has 0 spiro atoms. The Morgan fingerprint density at radius 1 is 1.07 bits per heavy atom. The van der Waals surface area contributed by atoms with Gasteiger partial charge in [0.1, 0.15) is 11.8 Å². The van der Waals surface area contributed by atoms with E-state index >= 15 is 0 Å². The van der Waals surface area contributed by atoms with Gasteiger partial charge >= 0.3 is 6.09 Å². The molecule has 0 aromatic rings. The van der Waals surface area contributed by atoms with Crippen molar-refractivity contribution < 1.29 is 19.1 Å². The Morgan fingerprint density at radius 3 is 2.52 bits per heavy atom. The molecule has 0 aliphatic carbocycles. The lowest BCUT2D eigenvalue weighted by atomic mass is 9.90. The van der Waals surface area contributed by atoms with Gasteiger partial charge in [0, 0.05) is 32.4 Å². The molecule has 4 rings (SSSR count). The Balaban J connectivity index is 1.22. The Kier molecular flexibility index (Phi) is 6.62. The van der Waals surface area contributed by atoms with Gasteiger partial charge in [-0.2, -0.15) is 5.48 Å². The molecule has 9 heteroatoms. The smallest absolute Gasteiger partial charge is 0.410 e. The van der Waals surface area contributed by atoms with Crippen molar-refractivity contribution in [1.29, 1.82) is 0 Å². The van der Waals surface area contributed by atoms with Crippen molar-refractivity contribution in [2.24, 2.45) is 11.8 Å². The van der Waals surface area contributed by atoms with Gasteiger partial charge in [-0.15, -0.1) is 0 Å². The first-order valence-electron chi connectivity index (χ1n) is 11.1. The third-order valence-electron chi connectivity index (χ3n) is 6.46. The third-order valence-corrected chi connectivity index (χ3v) is 6.46. The summed E-state index contributed by atoms with van der Waals surface area (Å²) in [5, 5.41) is 10.7. The van der Waals surface area contributed by atoms with Gasteiger partial charge in [0.2, 0.25) is 0 Å². The van der Waals surface area contributed by atoms with Crippen LogP contribution in [0.15, 0.2) is 0 Å². The van der Waals surface area contributed by atoms with E-state index < -0.39 is 5.60 Å². The molecule has 4 fully saturated rings. The van der Waals surface area contributed by atoms with Crippen LogP contribution in [0.4, 0.5) is 4.79 Å². The summed E-state index contributed by atoms with van der Waals surface area (Å²) in [6.07, 6.45) is 3.89. The molecule has 4 aliphatic heterocycles. The molecule has 5 unspecified atom stereocenters. The molecule has 0 saturated carbocycles. The minimum Gasteiger partial charge on any atom is -0.444 e. The molecule has 29 heavy (non-hydrogen) atoms. The Hall–Kier alpha value is -0.970. The highest BCUT2D eigenvalue weighted by Crippen LogP contribution is 2.26. The molecule has 1 amide bonds. The molecule has 0 radical (unpaired) electrons. The van der Waals surface area contributed by atoms with Crippen LogP contribution in [0.5, 0.6) is 0 Å². The van der Waals surface area contributed by atoms with Crippen molar-refractivity contribution in [3.63, 3.8) is 0 Å². The highest BCUT2D eigenvalue weighted by molar-refractivity contribution is 5.68. The minimum atomic E-state index is -0.451. The molecule has 4 heterocycles. The summed E-state index contributed by atoms with van der Waals surface area (Å²) in [6, 6.07) is 0.742. The van der Waals surface area contributed by atoms with Crippen molar-refractivity contribution in [3.05, 3.63) is 0 Å². The number of ether oxygens (including phenoxy) is 2. The van der Waals surface area contributed by atoms with E-state index in [0.29, 0.717) is 17.9 Å². The lowest BCUT2D eigenvalue weighted by molar-refractivity contribution is -0.0149. The molecule has 0 aromatic heterocycles. The number of hydrogen-bond donors (Lipinski definition) is 4. The maximum atomic E-state index is 12.3. The first-order valence-corrected chi connectivity index (χ1v) is 11.1. The number of carbonyl (C=O) groups excluding carboxylic acids is 1. The quantitative estimate of drug-likeness (QED) is 0.540. The average molecular weight is 412 g/mol. The first-order chi connectivity index (χ1) is 13.9. The second-order valence-electron chi connectivity index (χ2n) is 9.76. The second-order valence-corrected chi connectivity index (χ2v) is 9.76. The number of nitrogens with zero attached hydrogens (tertiary/aromatic N) is 1. The van der Waals surface area contributed by atoms with Crippen LogP contribution in [0.2, 0.25) is 0 Å². The first kappa shape index (κ1) is 21.3. The van der Waals surface area contributed by atoms with Crippen LogP contribution in [0.3, 0.4) is 0 Å². The maximum Gasteiger partial charge on any atom is 0.410 e. The van der Waals surface area contributed by atoms with Gasteiger partial charge in [-0.1, -0.05) is 0 Å². The van der Waals surface area contributed by atoms with E-state index in [4.69, 9.17) is 14.3 Å². The van der Waals surface area contributed by atoms with E-state index in [2.05, 4.69) is 21.4 Å². The molecule has 4 N–H and O–H groups in total. The monoisotopic (exact) mass is 411 g/mol. The van der Waals surface area contributed by atoms with Gasteiger partial charge in [-0.3, -0.25) is 15.5 Å². The van der Waals surface area contributed by atoms with Gasteiger partial charge in [-0.05, 0) is 58.3 Å². The number of nitrogens with one attached hydrogen (secondary N) is 4. The Morgan fingerprint density at radius 2 is 1.83 bits per heavy atom. The van der Waals surface area contributed by atoms with Crippen LogP contribution in [-0.4, -0.2) is 74.0 Å². The molecule has 5 atom stereocenters. The average Bonchev–Trinajstić information content (AvgIpc) is 3.39. The van der Waals surface area contributed by atoms with Crippen molar-refractivity contribution in [1.82, 2.24) is 26.3 Å². The standard InChI is InChI=1S/C20H37N5O4/c1-20(2,3)28-19(26)25-7-4-13(5-8-25)17-23-18(29-24-17)16-10-15(21-12-22-16)14-6-9-27-11-14/h13-18,21-24H,4-12H2,1-3H3. The predicted octanol–water partition coefficient (Wildman–Crippen LogP) is 0.724. The van der Waals surface area contributed by atoms with Crippen molar-refractivity contribution >= 4 is 6.09 Å². The fraction of sp³-hybridized carbons (Fsp3) is 0.950. The highest BCUT2D eigenvalue weighted by atomic mass is 16.7. The number of hydrogen-bond acceptors (Lipinski definition) is 8. The van der Waals surface area contributed by atoms with Crippen LogP contribution in [-0.2, 0) is 14.3 Å². The van der Waals surface area contributed by atoms with Crippen LogP contribution in [0.1, 0.15) is 46.5 Å². The summed E-state index contributed by atoms with van der Waals surface area (Å²) < 4.78 is 11.1. The molecule has 0 bridgehead atoms. The van der Waals surface area contributed by atoms with Crippen molar-refractivity contribution in [2.75, 3.05) is 33.0 Å². The summed E-state index contributed by atoms with van der Waals surface area (Å²) in [6.45, 7) is 9.69. The highest BCUT2D eigenvalue weighted by Gasteiger charge is 2.40. The van der Waals surface area contributed by atoms with E-state index in [9.17, 15) is 4.79 Å². The van der Waals surface area contributed by atoms with Crippen LogP contribution >= 0.6 is 0 Å². The van der Waals surface area contributed by atoms with E-state index in [0.717, 1.165) is 58.7 Å². The van der Waals surface area contributed by atoms with Crippen LogP contribution in [0.25, 0.3) is 0 Å². The summed E-state index contributed by atoms with van der Waals surface area (Å²) in [5.74, 6) is 1.03. The second kappa shape index (κ2) is 9.03. The van der Waals surface area contributed by atoms with E-state index in [1.165, 1.54) is 0 Å². The number of carbonyl (C=O) groups is 1. The Bertz CT molecular complexity index is 558. The fourth-order valence-corrected chi connectivity index (χ4v) is 4.79. The fourth-order valence-electron chi connectivity index (χ4n) is 4.79. The minimum absolute atomic E-state index is 0.0455. The van der Waals surface area contributed by atoms with Gasteiger partial charge in [-0.25, -0.2) is 4.79 Å². The number of likely N-dealkylation sites (tertiary alicyclic amines) is 1. The van der Waals surface area contributed by atoms with Gasteiger partial charge < -0.3 is 19.7 Å². The zero-order valence-electron chi connectivity index (χ0n) is 17.9. The van der Waals surface area contributed by atoms with E-state index in [-0.39, 0.29) is 24.5 Å². The number of amides is 1. The number of piperidine rings is 1. The number of rotatable bonds is 3. The lowest BCUT2D eigenvalue weighted by Crippen LogP contribution is -2.59. The largest absolute Gasteiger partial charge is 0.444 e. The molecule has 4 saturated heterocycles. The topological polar surface area (TPSA) is 96.1 Å². The van der Waals surface area contributed by atoms with Crippen LogP contribution < -0.4 is 21.4 Å². The van der Waals surface area contributed by atoms with E-state index in [1.54, 1.807) is 0 Å². The number of hydroxylamine groups is 1. The third kappa shape index (κ3) is 5.39. The van der Waals surface area contributed by atoms with Gasteiger partial charge in [0.25, 0.3) is 0 Å². The van der Waals surface area contributed by atoms with Crippen molar-refractivity contribution in [3.8, 4) is 0 Å². The van der Waals surface area contributed by atoms with Crippen LogP contribution in [0, 0.1) is 11.8 Å². The molecular weight excluding hydrogens is 374 g/mol. The van der Waals surface area contributed by atoms with Gasteiger partial charge in [0.05, 0.1) is 18.8 Å². The van der Waals surface area contributed by atoms with E-state index in [1.807, 2.05) is 25.7 Å². The summed E-state index contributed by atoms with van der Waals surface area (Å²) in [7, 11) is 0. The predicted molar refractivity (Wildman–Crippen MR) is 108 cm³/mol. The lowest BCUT2D eigenvalue weighted by Gasteiger charge is -2.37. The zero-order chi connectivity index (χ0) is 20.4. The molecular formula is C20H37N5O4. The van der Waals surface area contributed by atoms with Gasteiger partial charge in [0.15, 0.2) is 0 Å². The Labute approximate surface area is 173 Å². The van der Waals surface area contributed by atoms with Crippen molar-refractivity contribution in [2.45, 2.75) is 76.5 Å². The maximum absolute atomic E-state index is 12.3. The SMILES string of the molecule is CC(C)(C)OC(=O)N1CCC(C2NOC(C3CC(C4CCOC4)NCN3)N2)CC1. The normalized spacial score (nSPS) is 37.1. The molecule has 4 aliphatic rings.